The number of benzene rings is 1. The van der Waals surface area contributed by atoms with E-state index in [0.29, 0.717) is 11.5 Å². The van der Waals surface area contributed by atoms with E-state index in [1.54, 1.807) is 40.3 Å². The maximum atomic E-state index is 11.3. The zero-order valence-electron chi connectivity index (χ0n) is 12.3. The van der Waals surface area contributed by atoms with Crippen LogP contribution in [0.4, 0.5) is 0 Å². The first kappa shape index (κ1) is 15.4. The van der Waals surface area contributed by atoms with Crippen LogP contribution in [0.1, 0.15) is 13.8 Å². The molecule has 0 fully saturated rings. The van der Waals surface area contributed by atoms with Crippen molar-refractivity contribution >= 4 is 28.6 Å². The van der Waals surface area contributed by atoms with Crippen molar-refractivity contribution in [3.8, 4) is 11.5 Å². The first-order valence-corrected chi connectivity index (χ1v) is 7.14. The molecule has 0 saturated heterocycles. The number of hydrogen-bond donors (Lipinski definition) is 1. The van der Waals surface area contributed by atoms with Crippen LogP contribution in [0.3, 0.4) is 0 Å². The van der Waals surface area contributed by atoms with Crippen LogP contribution in [0.5, 0.6) is 11.5 Å². The topological polar surface area (TPSA) is 68.7 Å². The fourth-order valence-electron chi connectivity index (χ4n) is 1.86. The monoisotopic (exact) mass is 307 g/mol. The standard InChI is InChI=1S/C15H17NO4S/c1-15(2,14(17)18)21-13-5-6-16-10-8-12(20-4)11(19-3)7-9(10)13/h5-8H,1-4H3,(H,17,18). The van der Waals surface area contributed by atoms with E-state index in [1.807, 2.05) is 12.1 Å². The number of carboxylic acid groups (broad SMARTS) is 1. The Morgan fingerprint density at radius 3 is 2.43 bits per heavy atom. The molecule has 0 bridgehead atoms. The Morgan fingerprint density at radius 2 is 1.86 bits per heavy atom. The number of methoxy groups -OCH3 is 2. The summed E-state index contributed by atoms with van der Waals surface area (Å²) in [6.45, 7) is 3.35. The Hall–Kier alpha value is -1.95. The summed E-state index contributed by atoms with van der Waals surface area (Å²) < 4.78 is 9.63. The highest BCUT2D eigenvalue weighted by Gasteiger charge is 2.29. The number of carbonyl (C=O) groups is 1. The van der Waals surface area contributed by atoms with E-state index < -0.39 is 10.7 Å². The smallest absolute Gasteiger partial charge is 0.319 e. The van der Waals surface area contributed by atoms with Gasteiger partial charge in [0.05, 0.1) is 19.7 Å². The molecule has 0 saturated carbocycles. The molecule has 0 aliphatic carbocycles. The van der Waals surface area contributed by atoms with E-state index in [0.717, 1.165) is 15.8 Å². The predicted molar refractivity (Wildman–Crippen MR) is 82.4 cm³/mol. The lowest BCUT2D eigenvalue weighted by molar-refractivity contribution is -0.138. The first-order chi connectivity index (χ1) is 9.89. The van der Waals surface area contributed by atoms with Crippen LogP contribution in [-0.4, -0.2) is 35.0 Å². The number of thioether (sulfide) groups is 1. The van der Waals surface area contributed by atoms with Crippen molar-refractivity contribution in [2.45, 2.75) is 23.5 Å². The Balaban J connectivity index is 2.57. The lowest BCUT2D eigenvalue weighted by atomic mass is 10.2. The van der Waals surface area contributed by atoms with Crippen LogP contribution in [-0.2, 0) is 4.79 Å². The molecule has 0 amide bonds. The molecule has 0 aliphatic rings. The van der Waals surface area contributed by atoms with Gasteiger partial charge in [0.2, 0.25) is 0 Å². The molecule has 2 rings (SSSR count). The van der Waals surface area contributed by atoms with Gasteiger partial charge in [-0.05, 0) is 26.0 Å². The molecule has 5 nitrogen and oxygen atoms in total. The van der Waals surface area contributed by atoms with Crippen LogP contribution in [0.15, 0.2) is 29.3 Å². The largest absolute Gasteiger partial charge is 0.493 e. The quantitative estimate of drug-likeness (QED) is 0.855. The van der Waals surface area contributed by atoms with Gasteiger partial charge in [-0.2, -0.15) is 0 Å². The molecule has 21 heavy (non-hydrogen) atoms. The Kier molecular flexibility index (Phi) is 4.27. The minimum atomic E-state index is -0.929. The summed E-state index contributed by atoms with van der Waals surface area (Å²) in [4.78, 5) is 16.4. The van der Waals surface area contributed by atoms with Crippen molar-refractivity contribution < 1.29 is 19.4 Å². The number of hydrogen-bond acceptors (Lipinski definition) is 5. The molecule has 0 spiro atoms. The van der Waals surface area contributed by atoms with Gasteiger partial charge in [0, 0.05) is 22.5 Å². The SMILES string of the molecule is COc1cc2nccc(SC(C)(C)C(=O)O)c2cc1OC. The number of fused-ring (bicyclic) bond motifs is 1. The fraction of sp³-hybridized carbons (Fsp3) is 0.333. The number of ether oxygens (including phenoxy) is 2. The summed E-state index contributed by atoms with van der Waals surface area (Å²) in [5.41, 5.74) is 0.735. The molecule has 1 aromatic heterocycles. The lowest BCUT2D eigenvalue weighted by Crippen LogP contribution is -2.26. The van der Waals surface area contributed by atoms with Gasteiger partial charge in [-0.1, -0.05) is 0 Å². The van der Waals surface area contributed by atoms with E-state index in [-0.39, 0.29) is 0 Å². The lowest BCUT2D eigenvalue weighted by Gasteiger charge is -2.19. The number of pyridine rings is 1. The van der Waals surface area contributed by atoms with Crippen LogP contribution in [0.25, 0.3) is 10.9 Å². The van der Waals surface area contributed by atoms with Gasteiger partial charge in [-0.15, -0.1) is 11.8 Å². The molecule has 0 radical (unpaired) electrons. The molecule has 1 N–H and O–H groups in total. The number of nitrogens with zero attached hydrogens (tertiary/aromatic N) is 1. The summed E-state index contributed by atoms with van der Waals surface area (Å²) in [6.07, 6.45) is 1.66. The number of aliphatic carboxylic acids is 1. The molecule has 0 unspecified atom stereocenters. The Labute approximate surface area is 127 Å². The molecule has 112 valence electrons. The van der Waals surface area contributed by atoms with Gasteiger partial charge in [0.25, 0.3) is 0 Å². The maximum absolute atomic E-state index is 11.3. The van der Waals surface area contributed by atoms with Gasteiger partial charge in [0.1, 0.15) is 4.75 Å². The van der Waals surface area contributed by atoms with E-state index in [1.165, 1.54) is 11.8 Å². The first-order valence-electron chi connectivity index (χ1n) is 6.32. The zero-order chi connectivity index (χ0) is 15.6. The second-order valence-corrected chi connectivity index (χ2v) is 6.62. The normalized spacial score (nSPS) is 11.4. The minimum absolute atomic E-state index is 0.591. The van der Waals surface area contributed by atoms with Crippen molar-refractivity contribution in [1.29, 1.82) is 0 Å². The van der Waals surface area contributed by atoms with Crippen LogP contribution in [0, 0.1) is 0 Å². The fourth-order valence-corrected chi connectivity index (χ4v) is 2.89. The van der Waals surface area contributed by atoms with Crippen molar-refractivity contribution in [3.05, 3.63) is 24.4 Å². The number of aromatic nitrogens is 1. The summed E-state index contributed by atoms with van der Waals surface area (Å²) in [6, 6.07) is 5.41. The van der Waals surface area contributed by atoms with E-state index in [9.17, 15) is 9.90 Å². The van der Waals surface area contributed by atoms with E-state index in [4.69, 9.17) is 9.47 Å². The van der Waals surface area contributed by atoms with Gasteiger partial charge in [0.15, 0.2) is 11.5 Å². The van der Waals surface area contributed by atoms with E-state index >= 15 is 0 Å². The predicted octanol–water partition coefficient (Wildman–Crippen LogP) is 3.21. The molecule has 1 heterocycles. The summed E-state index contributed by atoms with van der Waals surface area (Å²) in [5, 5.41) is 10.1. The second kappa shape index (κ2) is 5.81. The Morgan fingerprint density at radius 1 is 1.24 bits per heavy atom. The van der Waals surface area contributed by atoms with Crippen molar-refractivity contribution in [1.82, 2.24) is 4.98 Å². The maximum Gasteiger partial charge on any atom is 0.319 e. The van der Waals surface area contributed by atoms with Crippen LogP contribution in [0.2, 0.25) is 0 Å². The van der Waals surface area contributed by atoms with Gasteiger partial charge >= 0.3 is 5.97 Å². The number of carboxylic acids is 1. The van der Waals surface area contributed by atoms with Crippen molar-refractivity contribution in [2.24, 2.45) is 0 Å². The molecule has 1 aromatic carbocycles. The molecule has 0 atom stereocenters. The highest BCUT2D eigenvalue weighted by molar-refractivity contribution is 8.01. The van der Waals surface area contributed by atoms with Crippen LogP contribution < -0.4 is 9.47 Å². The molecule has 2 aromatic rings. The van der Waals surface area contributed by atoms with Gasteiger partial charge < -0.3 is 14.6 Å². The summed E-state index contributed by atoms with van der Waals surface area (Å²) >= 11 is 1.28. The van der Waals surface area contributed by atoms with Gasteiger partial charge in [-0.3, -0.25) is 9.78 Å². The van der Waals surface area contributed by atoms with Crippen molar-refractivity contribution in [3.63, 3.8) is 0 Å². The third-order valence-corrected chi connectivity index (χ3v) is 4.35. The highest BCUT2D eigenvalue weighted by atomic mass is 32.2. The number of rotatable bonds is 5. The highest BCUT2D eigenvalue weighted by Crippen LogP contribution is 2.40. The van der Waals surface area contributed by atoms with E-state index in [2.05, 4.69) is 4.98 Å². The summed E-state index contributed by atoms with van der Waals surface area (Å²) in [7, 11) is 3.13. The molecule has 6 heteroatoms. The molecule has 0 aliphatic heterocycles. The summed E-state index contributed by atoms with van der Waals surface area (Å²) in [5.74, 6) is 0.322. The third-order valence-electron chi connectivity index (χ3n) is 3.09. The average Bonchev–Trinajstić information content (AvgIpc) is 2.45. The zero-order valence-corrected chi connectivity index (χ0v) is 13.2. The molecular weight excluding hydrogens is 290 g/mol. The minimum Gasteiger partial charge on any atom is -0.493 e. The van der Waals surface area contributed by atoms with Crippen LogP contribution >= 0.6 is 11.8 Å². The average molecular weight is 307 g/mol. The third kappa shape index (κ3) is 3.05. The second-order valence-electron chi connectivity index (χ2n) is 4.95. The van der Waals surface area contributed by atoms with Crippen molar-refractivity contribution in [2.75, 3.05) is 14.2 Å². The Bertz CT molecular complexity index is 685. The van der Waals surface area contributed by atoms with Gasteiger partial charge in [-0.25, -0.2) is 0 Å². The molecular formula is C15H17NO4S.